The normalized spacial score (nSPS) is 10.9. The molecule has 0 bridgehead atoms. The molecule has 1 aromatic carbocycles. The molecule has 0 fully saturated rings. The molecule has 0 aliphatic heterocycles. The summed E-state index contributed by atoms with van der Waals surface area (Å²) in [4.78, 5) is 11.5. The van der Waals surface area contributed by atoms with E-state index in [9.17, 15) is 4.79 Å². The van der Waals surface area contributed by atoms with E-state index < -0.39 is 0 Å². The SMILES string of the molecule is CCCn1nc(-c2c(C)c(C)cc(C)c2C)c(C=O)c1N. The Bertz CT molecular complexity index is 673. The number of nitrogen functional groups attached to an aromatic ring is 1. The van der Waals surface area contributed by atoms with Crippen molar-refractivity contribution in [2.45, 2.75) is 47.6 Å². The molecular weight excluding hydrogens is 262 g/mol. The topological polar surface area (TPSA) is 60.9 Å². The molecule has 112 valence electrons. The first-order chi connectivity index (χ1) is 9.92. The van der Waals surface area contributed by atoms with E-state index in [1.54, 1.807) is 4.68 Å². The highest BCUT2D eigenvalue weighted by Crippen LogP contribution is 2.34. The molecule has 0 aliphatic carbocycles. The number of anilines is 1. The zero-order chi connectivity index (χ0) is 15.7. The van der Waals surface area contributed by atoms with Gasteiger partial charge in [-0.1, -0.05) is 13.0 Å². The van der Waals surface area contributed by atoms with Crippen LogP contribution in [-0.4, -0.2) is 16.1 Å². The van der Waals surface area contributed by atoms with E-state index in [0.29, 0.717) is 17.1 Å². The minimum absolute atomic E-state index is 0.458. The monoisotopic (exact) mass is 285 g/mol. The number of benzene rings is 1. The van der Waals surface area contributed by atoms with Crippen LogP contribution < -0.4 is 5.73 Å². The Hall–Kier alpha value is -2.10. The lowest BCUT2D eigenvalue weighted by Gasteiger charge is -2.14. The first kappa shape index (κ1) is 15.3. The summed E-state index contributed by atoms with van der Waals surface area (Å²) >= 11 is 0. The number of hydrogen-bond acceptors (Lipinski definition) is 3. The number of aldehydes is 1. The van der Waals surface area contributed by atoms with Crippen molar-refractivity contribution < 1.29 is 4.79 Å². The second-order valence-corrected chi connectivity index (χ2v) is 5.62. The zero-order valence-electron chi connectivity index (χ0n) is 13.4. The van der Waals surface area contributed by atoms with Gasteiger partial charge in [0.2, 0.25) is 0 Å². The van der Waals surface area contributed by atoms with Crippen LogP contribution in [0.4, 0.5) is 5.82 Å². The molecule has 0 atom stereocenters. The molecular formula is C17H23N3O. The fourth-order valence-electron chi connectivity index (χ4n) is 2.74. The van der Waals surface area contributed by atoms with Crippen LogP contribution in [0.1, 0.15) is 46.0 Å². The molecule has 21 heavy (non-hydrogen) atoms. The maximum absolute atomic E-state index is 11.5. The summed E-state index contributed by atoms with van der Waals surface area (Å²) in [6.45, 7) is 11.1. The highest BCUT2D eigenvalue weighted by Gasteiger charge is 2.20. The molecule has 4 nitrogen and oxygen atoms in total. The summed E-state index contributed by atoms with van der Waals surface area (Å²) in [7, 11) is 0. The lowest BCUT2D eigenvalue weighted by Crippen LogP contribution is -2.04. The third-order valence-corrected chi connectivity index (χ3v) is 4.19. The van der Waals surface area contributed by atoms with Gasteiger partial charge in [-0.2, -0.15) is 5.10 Å². The van der Waals surface area contributed by atoms with E-state index in [0.717, 1.165) is 35.9 Å². The standard InChI is InChI=1S/C17H23N3O/c1-6-7-20-17(18)14(9-21)16(19-20)15-12(4)10(2)8-11(3)13(15)5/h8-9H,6-7,18H2,1-5H3. The van der Waals surface area contributed by atoms with Crippen LogP contribution in [0.2, 0.25) is 0 Å². The summed E-state index contributed by atoms with van der Waals surface area (Å²) in [5.74, 6) is 0.458. The molecule has 2 aromatic rings. The van der Waals surface area contributed by atoms with Gasteiger partial charge in [0.1, 0.15) is 11.5 Å². The third-order valence-electron chi connectivity index (χ3n) is 4.19. The van der Waals surface area contributed by atoms with Crippen molar-refractivity contribution >= 4 is 12.1 Å². The van der Waals surface area contributed by atoms with Gasteiger partial charge >= 0.3 is 0 Å². The Morgan fingerprint density at radius 1 is 1.19 bits per heavy atom. The van der Waals surface area contributed by atoms with Crippen LogP contribution in [0.25, 0.3) is 11.3 Å². The van der Waals surface area contributed by atoms with Crippen molar-refractivity contribution in [1.82, 2.24) is 9.78 Å². The van der Waals surface area contributed by atoms with Gasteiger partial charge in [0.05, 0.1) is 5.56 Å². The Labute approximate surface area is 126 Å². The number of nitrogens with zero attached hydrogens (tertiary/aromatic N) is 2. The fourth-order valence-corrected chi connectivity index (χ4v) is 2.74. The molecule has 0 saturated carbocycles. The lowest BCUT2D eigenvalue weighted by atomic mass is 9.91. The van der Waals surface area contributed by atoms with E-state index in [2.05, 4.69) is 45.8 Å². The summed E-state index contributed by atoms with van der Waals surface area (Å²) in [5, 5.41) is 4.60. The Morgan fingerprint density at radius 3 is 2.24 bits per heavy atom. The Morgan fingerprint density at radius 2 is 1.76 bits per heavy atom. The number of aryl methyl sites for hydroxylation is 3. The van der Waals surface area contributed by atoms with Crippen LogP contribution in [0, 0.1) is 27.7 Å². The lowest BCUT2D eigenvalue weighted by molar-refractivity contribution is 0.112. The molecule has 1 heterocycles. The van der Waals surface area contributed by atoms with Crippen molar-refractivity contribution in [1.29, 1.82) is 0 Å². The fraction of sp³-hybridized carbons (Fsp3) is 0.412. The van der Waals surface area contributed by atoms with E-state index in [-0.39, 0.29) is 0 Å². The molecule has 0 radical (unpaired) electrons. The predicted molar refractivity (Wildman–Crippen MR) is 86.7 cm³/mol. The van der Waals surface area contributed by atoms with Crippen molar-refractivity contribution in [3.8, 4) is 11.3 Å². The maximum atomic E-state index is 11.5. The number of carbonyl (C=O) groups excluding carboxylic acids is 1. The molecule has 0 aliphatic rings. The number of carbonyl (C=O) groups is 1. The molecule has 4 heteroatoms. The second-order valence-electron chi connectivity index (χ2n) is 5.62. The predicted octanol–water partition coefficient (Wildman–Crippen LogP) is 3.59. The van der Waals surface area contributed by atoms with E-state index >= 15 is 0 Å². The number of hydrogen-bond donors (Lipinski definition) is 1. The smallest absolute Gasteiger partial charge is 0.156 e. The van der Waals surface area contributed by atoms with Crippen LogP contribution in [-0.2, 0) is 6.54 Å². The average Bonchev–Trinajstić information content (AvgIpc) is 2.74. The number of aromatic nitrogens is 2. The van der Waals surface area contributed by atoms with E-state index in [1.165, 1.54) is 11.1 Å². The molecule has 0 spiro atoms. The highest BCUT2D eigenvalue weighted by molar-refractivity contribution is 5.93. The van der Waals surface area contributed by atoms with Crippen molar-refractivity contribution in [3.63, 3.8) is 0 Å². The second kappa shape index (κ2) is 5.72. The Kier molecular flexibility index (Phi) is 4.16. The molecule has 2 N–H and O–H groups in total. The van der Waals surface area contributed by atoms with Crippen molar-refractivity contribution in [2.24, 2.45) is 0 Å². The van der Waals surface area contributed by atoms with Gasteiger partial charge < -0.3 is 5.73 Å². The summed E-state index contributed by atoms with van der Waals surface area (Å²) in [5.41, 5.74) is 13.0. The van der Waals surface area contributed by atoms with Gasteiger partial charge in [0.25, 0.3) is 0 Å². The molecule has 0 amide bonds. The van der Waals surface area contributed by atoms with Gasteiger partial charge in [0, 0.05) is 12.1 Å². The first-order valence-electron chi connectivity index (χ1n) is 7.31. The quantitative estimate of drug-likeness (QED) is 0.873. The van der Waals surface area contributed by atoms with Crippen LogP contribution in [0.5, 0.6) is 0 Å². The van der Waals surface area contributed by atoms with Crippen LogP contribution >= 0.6 is 0 Å². The minimum Gasteiger partial charge on any atom is -0.383 e. The molecule has 1 aromatic heterocycles. The Balaban J connectivity index is 2.79. The van der Waals surface area contributed by atoms with Crippen molar-refractivity contribution in [3.05, 3.63) is 33.9 Å². The zero-order valence-corrected chi connectivity index (χ0v) is 13.4. The van der Waals surface area contributed by atoms with E-state index in [4.69, 9.17) is 5.73 Å². The molecule has 0 saturated heterocycles. The summed E-state index contributed by atoms with van der Waals surface area (Å²) < 4.78 is 1.73. The summed E-state index contributed by atoms with van der Waals surface area (Å²) in [6, 6.07) is 2.17. The van der Waals surface area contributed by atoms with Crippen LogP contribution in [0.3, 0.4) is 0 Å². The van der Waals surface area contributed by atoms with Crippen LogP contribution in [0.15, 0.2) is 6.07 Å². The molecule has 0 unspecified atom stereocenters. The van der Waals surface area contributed by atoms with Gasteiger partial charge in [0.15, 0.2) is 6.29 Å². The van der Waals surface area contributed by atoms with Gasteiger partial charge in [-0.15, -0.1) is 0 Å². The minimum atomic E-state index is 0.458. The van der Waals surface area contributed by atoms with Gasteiger partial charge in [-0.05, 0) is 56.4 Å². The van der Waals surface area contributed by atoms with Gasteiger partial charge in [-0.25, -0.2) is 4.68 Å². The average molecular weight is 285 g/mol. The van der Waals surface area contributed by atoms with E-state index in [1.807, 2.05) is 0 Å². The third kappa shape index (κ3) is 2.46. The largest absolute Gasteiger partial charge is 0.383 e. The number of rotatable bonds is 4. The maximum Gasteiger partial charge on any atom is 0.156 e. The van der Waals surface area contributed by atoms with Gasteiger partial charge in [-0.3, -0.25) is 4.79 Å². The molecule has 2 rings (SSSR count). The number of nitrogens with two attached hydrogens (primary N) is 1. The van der Waals surface area contributed by atoms with Crippen molar-refractivity contribution in [2.75, 3.05) is 5.73 Å². The summed E-state index contributed by atoms with van der Waals surface area (Å²) in [6.07, 6.45) is 1.74. The highest BCUT2D eigenvalue weighted by atomic mass is 16.1. The first-order valence-corrected chi connectivity index (χ1v) is 7.31.